The van der Waals surface area contributed by atoms with Crippen molar-refractivity contribution in [2.24, 2.45) is 11.8 Å². The van der Waals surface area contributed by atoms with Crippen molar-refractivity contribution in [1.29, 1.82) is 0 Å². The smallest absolute Gasteiger partial charge is 0.246 e. The van der Waals surface area contributed by atoms with Crippen LogP contribution in [0.5, 0.6) is 0 Å². The fourth-order valence-electron chi connectivity index (χ4n) is 3.64. The van der Waals surface area contributed by atoms with Crippen LogP contribution in [0, 0.1) is 11.8 Å². The van der Waals surface area contributed by atoms with Crippen LogP contribution in [-0.2, 0) is 14.8 Å². The second-order valence-electron chi connectivity index (χ2n) is 7.93. The summed E-state index contributed by atoms with van der Waals surface area (Å²) in [6, 6.07) is 3.61. The molecule has 2 heterocycles. The van der Waals surface area contributed by atoms with Crippen molar-refractivity contribution in [2.75, 3.05) is 13.1 Å². The number of rotatable bonds is 6. The molecule has 1 amide bonds. The average Bonchev–Trinajstić information content (AvgIpc) is 3.47. The number of piperidine rings is 1. The van der Waals surface area contributed by atoms with Crippen LogP contribution < -0.4 is 0 Å². The molecule has 0 radical (unpaired) electrons. The summed E-state index contributed by atoms with van der Waals surface area (Å²) in [4.78, 5) is 19.1. The van der Waals surface area contributed by atoms with Crippen LogP contribution in [0.25, 0.3) is 0 Å². The molecule has 0 bridgehead atoms. The summed E-state index contributed by atoms with van der Waals surface area (Å²) in [5.74, 6) is 0.487. The largest absolute Gasteiger partial charge is 0.337 e. The van der Waals surface area contributed by atoms with Gasteiger partial charge in [-0.25, -0.2) is 13.4 Å². The summed E-state index contributed by atoms with van der Waals surface area (Å²) in [6.45, 7) is 7.06. The fourth-order valence-corrected chi connectivity index (χ4v) is 5.54. The molecule has 3 rings (SSSR count). The summed E-state index contributed by atoms with van der Waals surface area (Å²) in [6.07, 6.45) is 4.72. The van der Waals surface area contributed by atoms with Crippen LogP contribution in [0.3, 0.4) is 0 Å². The Hall–Kier alpha value is -1.18. The Balaban J connectivity index is 1.68. The van der Waals surface area contributed by atoms with Crippen LogP contribution in [-0.4, -0.2) is 53.7 Å². The molecule has 1 saturated carbocycles. The number of sulfonamides is 1. The number of hydrogen-bond acceptors (Lipinski definition) is 4. The lowest BCUT2D eigenvalue weighted by Gasteiger charge is -2.37. The topological polar surface area (TPSA) is 70.6 Å². The number of halogens is 1. The molecule has 1 unspecified atom stereocenters. The molecule has 6 nitrogen and oxygen atoms in total. The number of carbonyl (C=O) groups is 1. The van der Waals surface area contributed by atoms with E-state index in [1.807, 2.05) is 0 Å². The summed E-state index contributed by atoms with van der Waals surface area (Å²) in [5.41, 5.74) is 0. The van der Waals surface area contributed by atoms with E-state index in [1.54, 1.807) is 6.07 Å². The van der Waals surface area contributed by atoms with Crippen molar-refractivity contribution in [3.05, 3.63) is 23.5 Å². The Morgan fingerprint density at radius 2 is 1.85 bits per heavy atom. The van der Waals surface area contributed by atoms with Crippen molar-refractivity contribution >= 4 is 27.5 Å². The highest BCUT2D eigenvalue weighted by Gasteiger charge is 2.41. The number of aromatic nitrogens is 1. The van der Waals surface area contributed by atoms with Crippen molar-refractivity contribution in [2.45, 2.75) is 63.4 Å². The van der Waals surface area contributed by atoms with Crippen molar-refractivity contribution in [3.63, 3.8) is 0 Å². The lowest BCUT2D eigenvalue weighted by Crippen LogP contribution is -2.49. The highest BCUT2D eigenvalue weighted by Crippen LogP contribution is 2.34. The SMILES string of the molecule is CC(C)C(C)N(C(=O)C1CCN(S(=O)(=O)c2cccnc2Cl)CC1)C1CC1. The summed E-state index contributed by atoms with van der Waals surface area (Å²) in [5, 5.41) is -0.0126. The van der Waals surface area contributed by atoms with Gasteiger partial charge in [-0.05, 0) is 50.7 Å². The van der Waals surface area contributed by atoms with E-state index in [0.717, 1.165) is 12.8 Å². The van der Waals surface area contributed by atoms with E-state index >= 15 is 0 Å². The van der Waals surface area contributed by atoms with Crippen LogP contribution >= 0.6 is 11.6 Å². The molecule has 8 heteroatoms. The molecule has 2 fully saturated rings. The predicted molar refractivity (Wildman–Crippen MR) is 105 cm³/mol. The number of hydrogen-bond donors (Lipinski definition) is 0. The van der Waals surface area contributed by atoms with Crippen molar-refractivity contribution in [1.82, 2.24) is 14.2 Å². The van der Waals surface area contributed by atoms with Crippen LogP contribution in [0.15, 0.2) is 23.2 Å². The van der Waals surface area contributed by atoms with Gasteiger partial charge < -0.3 is 4.90 Å². The van der Waals surface area contributed by atoms with Gasteiger partial charge in [0.25, 0.3) is 0 Å². The normalized spacial score (nSPS) is 20.6. The highest BCUT2D eigenvalue weighted by atomic mass is 35.5. The van der Waals surface area contributed by atoms with Crippen LogP contribution in [0.1, 0.15) is 46.5 Å². The third-order valence-electron chi connectivity index (χ3n) is 5.74. The standard InChI is InChI=1S/C19H28ClN3O3S/c1-13(2)14(3)23(16-6-7-16)19(24)15-8-11-22(12-9-15)27(25,26)17-5-4-10-21-18(17)20/h4-5,10,13-16H,6-9,11-12H2,1-3H3. The van der Waals surface area contributed by atoms with Gasteiger partial charge in [-0.3, -0.25) is 4.79 Å². The first-order valence-electron chi connectivity index (χ1n) is 9.66. The molecule has 1 aliphatic heterocycles. The van der Waals surface area contributed by atoms with E-state index in [2.05, 4.69) is 30.7 Å². The zero-order valence-corrected chi connectivity index (χ0v) is 17.7. The highest BCUT2D eigenvalue weighted by molar-refractivity contribution is 7.89. The summed E-state index contributed by atoms with van der Waals surface area (Å²) < 4.78 is 27.1. The van der Waals surface area contributed by atoms with Gasteiger partial charge in [0.1, 0.15) is 10.0 Å². The summed E-state index contributed by atoms with van der Waals surface area (Å²) in [7, 11) is -3.68. The van der Waals surface area contributed by atoms with E-state index in [9.17, 15) is 13.2 Å². The lowest BCUT2D eigenvalue weighted by atomic mass is 9.94. The Morgan fingerprint density at radius 3 is 2.37 bits per heavy atom. The molecule has 150 valence electrons. The summed E-state index contributed by atoms with van der Waals surface area (Å²) >= 11 is 5.98. The van der Waals surface area contributed by atoms with E-state index in [4.69, 9.17) is 11.6 Å². The zero-order valence-electron chi connectivity index (χ0n) is 16.1. The van der Waals surface area contributed by atoms with Gasteiger partial charge in [0.2, 0.25) is 15.9 Å². The minimum Gasteiger partial charge on any atom is -0.337 e. The molecule has 2 aliphatic rings. The molecule has 1 aliphatic carbocycles. The monoisotopic (exact) mass is 413 g/mol. The quantitative estimate of drug-likeness (QED) is 0.671. The van der Waals surface area contributed by atoms with Crippen LogP contribution in [0.2, 0.25) is 5.15 Å². The Morgan fingerprint density at radius 1 is 1.22 bits per heavy atom. The van der Waals surface area contributed by atoms with E-state index in [1.165, 1.54) is 16.6 Å². The molecule has 27 heavy (non-hydrogen) atoms. The fraction of sp³-hybridized carbons (Fsp3) is 0.684. The lowest BCUT2D eigenvalue weighted by molar-refractivity contribution is -0.140. The molecule has 0 N–H and O–H groups in total. The first kappa shape index (κ1) is 20.6. The maximum atomic E-state index is 13.1. The second-order valence-corrected chi connectivity index (χ2v) is 10.2. The second kappa shape index (κ2) is 8.05. The van der Waals surface area contributed by atoms with Gasteiger partial charge in [-0.1, -0.05) is 25.4 Å². The maximum absolute atomic E-state index is 13.1. The molecule has 0 spiro atoms. The first-order valence-corrected chi connectivity index (χ1v) is 11.5. The molecular formula is C19H28ClN3O3S. The number of carbonyl (C=O) groups excluding carboxylic acids is 1. The third kappa shape index (κ3) is 4.30. The Bertz CT molecular complexity index is 787. The Labute approximate surface area is 166 Å². The van der Waals surface area contributed by atoms with E-state index < -0.39 is 10.0 Å². The molecule has 1 atom stereocenters. The maximum Gasteiger partial charge on any atom is 0.246 e. The minimum atomic E-state index is -3.68. The van der Waals surface area contributed by atoms with E-state index in [0.29, 0.717) is 37.9 Å². The van der Waals surface area contributed by atoms with E-state index in [-0.39, 0.29) is 27.9 Å². The number of amides is 1. The van der Waals surface area contributed by atoms with Gasteiger partial charge >= 0.3 is 0 Å². The molecule has 1 aromatic rings. The van der Waals surface area contributed by atoms with Gasteiger partial charge in [0.05, 0.1) is 0 Å². The third-order valence-corrected chi connectivity index (χ3v) is 8.09. The molecule has 1 aromatic heterocycles. The van der Waals surface area contributed by atoms with Crippen molar-refractivity contribution < 1.29 is 13.2 Å². The molecule has 1 saturated heterocycles. The number of nitrogens with zero attached hydrogens (tertiary/aromatic N) is 3. The van der Waals surface area contributed by atoms with Gasteiger partial charge in [0.15, 0.2) is 0 Å². The van der Waals surface area contributed by atoms with Gasteiger partial charge in [-0.2, -0.15) is 4.31 Å². The Kier molecular flexibility index (Phi) is 6.13. The average molecular weight is 414 g/mol. The zero-order chi connectivity index (χ0) is 19.8. The van der Waals surface area contributed by atoms with Crippen molar-refractivity contribution in [3.8, 4) is 0 Å². The molecular weight excluding hydrogens is 386 g/mol. The molecule has 0 aromatic carbocycles. The van der Waals surface area contributed by atoms with Gasteiger partial charge in [0, 0.05) is 37.3 Å². The first-order chi connectivity index (χ1) is 12.7. The predicted octanol–water partition coefficient (Wildman–Crippen LogP) is 3.17. The minimum absolute atomic E-state index is 0.0126. The van der Waals surface area contributed by atoms with Crippen LogP contribution in [0.4, 0.5) is 0 Å². The number of pyridine rings is 1. The van der Waals surface area contributed by atoms with Gasteiger partial charge in [-0.15, -0.1) is 0 Å².